The minimum absolute atomic E-state index is 0.0338. The van der Waals surface area contributed by atoms with Crippen molar-refractivity contribution in [2.24, 2.45) is 16.1 Å². The number of nitrogens with zero attached hydrogens (tertiary/aromatic N) is 2. The number of esters is 1. The highest BCUT2D eigenvalue weighted by Gasteiger charge is 2.58. The van der Waals surface area contributed by atoms with E-state index in [2.05, 4.69) is 21.5 Å². The topological polar surface area (TPSA) is 89.3 Å². The number of hydrogen-bond acceptors (Lipinski definition) is 6. The van der Waals surface area contributed by atoms with Crippen LogP contribution in [0.5, 0.6) is 0 Å². The number of rotatable bonds is 7. The molecule has 0 aromatic heterocycles. The number of fused-ring (bicyclic) bond motifs is 2. The van der Waals surface area contributed by atoms with E-state index < -0.39 is 11.3 Å². The fourth-order valence-electron chi connectivity index (χ4n) is 3.41. The second-order valence-electron chi connectivity index (χ2n) is 6.53. The molecular weight excluding hydrogens is 298 g/mol. The van der Waals surface area contributed by atoms with E-state index in [4.69, 9.17) is 15.9 Å². The van der Waals surface area contributed by atoms with E-state index in [9.17, 15) is 9.59 Å². The molecule has 23 heavy (non-hydrogen) atoms. The molecule has 1 unspecified atom stereocenters. The molecule has 7 nitrogen and oxygen atoms in total. The number of hydrogen-bond donors (Lipinski definition) is 1. The second kappa shape index (κ2) is 5.93. The van der Waals surface area contributed by atoms with Gasteiger partial charge in [0.15, 0.2) is 11.3 Å². The third kappa shape index (κ3) is 3.08. The third-order valence-electron chi connectivity index (χ3n) is 5.00. The summed E-state index contributed by atoms with van der Waals surface area (Å²) in [6, 6.07) is -0.0382. The van der Waals surface area contributed by atoms with E-state index >= 15 is 0 Å². The van der Waals surface area contributed by atoms with Crippen LogP contribution in [0.25, 0.3) is 0 Å². The molecule has 3 aliphatic heterocycles. The zero-order chi connectivity index (χ0) is 16.5. The average molecular weight is 319 g/mol. The molecule has 1 amide bonds. The minimum Gasteiger partial charge on any atom is -0.467 e. The molecule has 4 rings (SSSR count). The van der Waals surface area contributed by atoms with Crippen molar-refractivity contribution in [3.8, 4) is 12.3 Å². The molecule has 3 heterocycles. The lowest BCUT2D eigenvalue weighted by molar-refractivity contribution is -0.216. The zero-order valence-electron chi connectivity index (χ0n) is 13.2. The summed E-state index contributed by atoms with van der Waals surface area (Å²) in [7, 11) is 1.37. The van der Waals surface area contributed by atoms with Gasteiger partial charge in [0.05, 0.1) is 19.8 Å². The summed E-state index contributed by atoms with van der Waals surface area (Å²) in [5.41, 5.74) is -1.20. The van der Waals surface area contributed by atoms with Gasteiger partial charge in [-0.25, -0.2) is 4.79 Å². The van der Waals surface area contributed by atoms with E-state index in [-0.39, 0.29) is 23.8 Å². The second-order valence-corrected chi connectivity index (χ2v) is 6.53. The SMILES string of the molecule is C#CCCC1(CCC(=O)NC2COC3(C(=O)OC)CC2C3)N=N1. The molecule has 1 atom stereocenters. The molecule has 0 radical (unpaired) electrons. The molecular formula is C16H21N3O4. The lowest BCUT2D eigenvalue weighted by Crippen LogP contribution is -2.65. The number of amides is 1. The van der Waals surface area contributed by atoms with Crippen molar-refractivity contribution in [1.29, 1.82) is 0 Å². The van der Waals surface area contributed by atoms with Crippen molar-refractivity contribution in [3.05, 3.63) is 0 Å². The Hall–Kier alpha value is -1.94. The van der Waals surface area contributed by atoms with Crippen LogP contribution >= 0.6 is 0 Å². The number of carbonyl (C=O) groups excluding carboxylic acids is 2. The van der Waals surface area contributed by atoms with Crippen LogP contribution in [0, 0.1) is 18.3 Å². The van der Waals surface area contributed by atoms with Gasteiger partial charge in [-0.1, -0.05) is 0 Å². The Labute approximate surface area is 135 Å². The molecule has 4 aliphatic rings. The maximum Gasteiger partial charge on any atom is 0.338 e. The lowest BCUT2D eigenvalue weighted by Gasteiger charge is -2.53. The first kappa shape index (κ1) is 15.9. The molecule has 1 saturated carbocycles. The summed E-state index contributed by atoms with van der Waals surface area (Å²) < 4.78 is 10.4. The summed E-state index contributed by atoms with van der Waals surface area (Å²) in [5.74, 6) is 2.50. The Balaban J connectivity index is 1.41. The highest BCUT2D eigenvalue weighted by molar-refractivity contribution is 5.81. The smallest absolute Gasteiger partial charge is 0.338 e. The van der Waals surface area contributed by atoms with Crippen LogP contribution in [-0.2, 0) is 19.1 Å². The van der Waals surface area contributed by atoms with Crippen molar-refractivity contribution in [3.63, 3.8) is 0 Å². The predicted molar refractivity (Wildman–Crippen MR) is 80.2 cm³/mol. The Kier molecular flexibility index (Phi) is 4.11. The summed E-state index contributed by atoms with van der Waals surface area (Å²) >= 11 is 0. The molecule has 0 aromatic carbocycles. The van der Waals surface area contributed by atoms with Gasteiger partial charge in [-0.3, -0.25) is 4.79 Å². The normalized spacial score (nSPS) is 32.3. The first-order valence-electron chi connectivity index (χ1n) is 7.92. The number of nitrogens with one attached hydrogen (secondary N) is 1. The quantitative estimate of drug-likeness (QED) is 0.563. The zero-order valence-corrected chi connectivity index (χ0v) is 13.2. The summed E-state index contributed by atoms with van der Waals surface area (Å²) in [5, 5.41) is 11.0. The fourth-order valence-corrected chi connectivity index (χ4v) is 3.41. The maximum absolute atomic E-state index is 12.1. The molecule has 1 N–H and O–H groups in total. The van der Waals surface area contributed by atoms with Gasteiger partial charge in [-0.2, -0.15) is 10.2 Å². The maximum atomic E-state index is 12.1. The van der Waals surface area contributed by atoms with Crippen LogP contribution in [-0.4, -0.2) is 42.9 Å². The predicted octanol–water partition coefficient (Wildman–Crippen LogP) is 1.18. The summed E-state index contributed by atoms with van der Waals surface area (Å²) in [4.78, 5) is 23.8. The van der Waals surface area contributed by atoms with Gasteiger partial charge >= 0.3 is 5.97 Å². The molecule has 3 fully saturated rings. The van der Waals surface area contributed by atoms with E-state index in [0.29, 0.717) is 45.1 Å². The van der Waals surface area contributed by atoms with Crippen LogP contribution in [0.2, 0.25) is 0 Å². The monoisotopic (exact) mass is 319 g/mol. The van der Waals surface area contributed by atoms with Crippen LogP contribution < -0.4 is 5.32 Å². The van der Waals surface area contributed by atoms with Gasteiger partial charge in [0.25, 0.3) is 0 Å². The van der Waals surface area contributed by atoms with Crippen LogP contribution in [0.4, 0.5) is 0 Å². The van der Waals surface area contributed by atoms with Gasteiger partial charge in [-0.05, 0) is 18.8 Å². The molecule has 0 spiro atoms. The first-order valence-corrected chi connectivity index (χ1v) is 7.92. The lowest BCUT2D eigenvalue weighted by atomic mass is 9.65. The number of carbonyl (C=O) groups is 2. The van der Waals surface area contributed by atoms with Crippen molar-refractivity contribution >= 4 is 11.9 Å². The van der Waals surface area contributed by atoms with Crippen molar-refractivity contribution < 1.29 is 19.1 Å². The third-order valence-corrected chi connectivity index (χ3v) is 5.00. The van der Waals surface area contributed by atoms with Gasteiger partial charge in [0.1, 0.15) is 0 Å². The van der Waals surface area contributed by atoms with Crippen LogP contribution in [0.15, 0.2) is 10.2 Å². The molecule has 124 valence electrons. The van der Waals surface area contributed by atoms with Crippen molar-refractivity contribution in [1.82, 2.24) is 5.32 Å². The number of terminal acetylenes is 1. The minimum atomic E-state index is -0.772. The largest absolute Gasteiger partial charge is 0.467 e. The van der Waals surface area contributed by atoms with Gasteiger partial charge < -0.3 is 14.8 Å². The highest BCUT2D eigenvalue weighted by atomic mass is 16.6. The average Bonchev–Trinajstić information content (AvgIpc) is 3.30. The Bertz CT molecular complexity index is 563. The van der Waals surface area contributed by atoms with Crippen molar-refractivity contribution in [2.75, 3.05) is 13.7 Å². The van der Waals surface area contributed by atoms with E-state index in [1.165, 1.54) is 7.11 Å². The van der Waals surface area contributed by atoms with Crippen LogP contribution in [0.3, 0.4) is 0 Å². The summed E-state index contributed by atoms with van der Waals surface area (Å²) in [6.45, 7) is 0.350. The molecule has 2 bridgehead atoms. The Morgan fingerprint density at radius 2 is 2.13 bits per heavy atom. The Morgan fingerprint density at radius 1 is 1.39 bits per heavy atom. The fraction of sp³-hybridized carbons (Fsp3) is 0.750. The highest BCUT2D eigenvalue weighted by Crippen LogP contribution is 2.47. The van der Waals surface area contributed by atoms with Gasteiger partial charge in [-0.15, -0.1) is 12.3 Å². The van der Waals surface area contributed by atoms with E-state index in [0.717, 1.165) is 0 Å². The van der Waals surface area contributed by atoms with Crippen LogP contribution in [0.1, 0.15) is 38.5 Å². The van der Waals surface area contributed by atoms with Crippen molar-refractivity contribution in [2.45, 2.75) is 55.8 Å². The molecule has 2 saturated heterocycles. The molecule has 1 aliphatic carbocycles. The first-order chi connectivity index (χ1) is 11.0. The molecule has 7 heteroatoms. The standard InChI is InChI=1S/C16H21N3O4/c1-3-4-6-16(18-19-16)7-5-13(20)17-12-10-23-15(14(21)22-2)8-11(12)9-15/h1,11-12H,4-10H2,2H3,(H,17,20). The summed E-state index contributed by atoms with van der Waals surface area (Å²) in [6.07, 6.45) is 8.74. The van der Waals surface area contributed by atoms with Gasteiger partial charge in [0.2, 0.25) is 5.91 Å². The molecule has 0 aromatic rings. The number of methoxy groups -OCH3 is 1. The van der Waals surface area contributed by atoms with Gasteiger partial charge in [0, 0.05) is 25.7 Å². The Morgan fingerprint density at radius 3 is 2.65 bits per heavy atom. The van der Waals surface area contributed by atoms with E-state index in [1.807, 2.05) is 0 Å². The van der Waals surface area contributed by atoms with E-state index in [1.54, 1.807) is 0 Å². The number of ether oxygens (including phenoxy) is 2.